The van der Waals surface area contributed by atoms with Gasteiger partial charge in [-0.25, -0.2) is 9.59 Å². The number of nitrogens with one attached hydrogen (secondary N) is 2. The van der Waals surface area contributed by atoms with Crippen LogP contribution in [0.15, 0.2) is 24.3 Å². The summed E-state index contributed by atoms with van der Waals surface area (Å²) in [7, 11) is 1.55. The fourth-order valence-electron chi connectivity index (χ4n) is 4.06. The van der Waals surface area contributed by atoms with Crippen molar-refractivity contribution in [2.75, 3.05) is 13.7 Å². The largest absolute Gasteiger partial charge is 0.497 e. The van der Waals surface area contributed by atoms with E-state index in [2.05, 4.69) is 10.6 Å². The Bertz CT molecular complexity index is 926. The van der Waals surface area contributed by atoms with Crippen molar-refractivity contribution in [3.05, 3.63) is 29.8 Å². The van der Waals surface area contributed by atoms with Gasteiger partial charge in [-0.3, -0.25) is 9.59 Å². The van der Waals surface area contributed by atoms with E-state index in [1.54, 1.807) is 52.1 Å². The Morgan fingerprint density at radius 1 is 1.14 bits per heavy atom. The van der Waals surface area contributed by atoms with Crippen LogP contribution in [-0.4, -0.2) is 71.3 Å². The molecule has 4 atom stereocenters. The number of carboxylic acid groups (broad SMARTS) is 1. The van der Waals surface area contributed by atoms with E-state index in [9.17, 15) is 24.3 Å². The molecule has 1 aliphatic heterocycles. The summed E-state index contributed by atoms with van der Waals surface area (Å²) in [6.07, 6.45) is 0.948. The number of ether oxygens (including phenoxy) is 2. The van der Waals surface area contributed by atoms with Gasteiger partial charge in [0.15, 0.2) is 0 Å². The van der Waals surface area contributed by atoms with E-state index in [-0.39, 0.29) is 12.3 Å². The standard InChI is InChI=1S/C26H39N3O7/c1-7-16(2)21(23(31)29-14-8-9-20(29)24(32)33)28-22(30)19(27-25(34)36-26(3,4)5)15-17-10-12-18(35-6)13-11-17/h10-13,16,19-21H,7-9,14-15H2,1-6H3,(H,27,34)(H,28,30)(H,32,33)/t16-,19+,20+,21-/m0/s1. The maximum Gasteiger partial charge on any atom is 0.408 e. The van der Waals surface area contributed by atoms with Gasteiger partial charge in [-0.1, -0.05) is 32.4 Å². The molecule has 1 saturated heterocycles. The zero-order valence-electron chi connectivity index (χ0n) is 22.0. The molecule has 200 valence electrons. The average Bonchev–Trinajstić information content (AvgIpc) is 3.30. The van der Waals surface area contributed by atoms with Gasteiger partial charge in [0.2, 0.25) is 11.8 Å². The Balaban J connectivity index is 2.27. The van der Waals surface area contributed by atoms with Crippen LogP contribution in [0.3, 0.4) is 0 Å². The minimum atomic E-state index is -1.06. The SMILES string of the molecule is CC[C@H](C)[C@H](NC(=O)[C@@H](Cc1ccc(OC)cc1)NC(=O)OC(C)(C)C)C(=O)N1CCC[C@@H]1C(=O)O. The van der Waals surface area contributed by atoms with Crippen LogP contribution >= 0.6 is 0 Å². The number of carbonyl (C=O) groups excluding carboxylic acids is 3. The van der Waals surface area contributed by atoms with E-state index >= 15 is 0 Å². The van der Waals surface area contributed by atoms with Crippen LogP contribution in [0.5, 0.6) is 5.75 Å². The maximum atomic E-state index is 13.4. The molecule has 10 heteroatoms. The number of benzene rings is 1. The molecular formula is C26H39N3O7. The lowest BCUT2D eigenvalue weighted by atomic mass is 9.96. The van der Waals surface area contributed by atoms with Crippen LogP contribution in [0.1, 0.15) is 59.4 Å². The van der Waals surface area contributed by atoms with E-state index in [4.69, 9.17) is 9.47 Å². The second kappa shape index (κ2) is 12.6. The smallest absolute Gasteiger partial charge is 0.408 e. The topological polar surface area (TPSA) is 134 Å². The zero-order chi connectivity index (χ0) is 27.0. The number of alkyl carbamates (subject to hydrolysis) is 1. The molecule has 1 fully saturated rings. The summed E-state index contributed by atoms with van der Waals surface area (Å²) < 4.78 is 10.5. The molecule has 0 aliphatic carbocycles. The molecule has 0 aromatic heterocycles. The molecule has 1 heterocycles. The van der Waals surface area contributed by atoms with E-state index in [1.807, 2.05) is 13.8 Å². The van der Waals surface area contributed by atoms with Crippen LogP contribution in [0.4, 0.5) is 4.79 Å². The van der Waals surface area contributed by atoms with Crippen LogP contribution in [-0.2, 0) is 25.5 Å². The Morgan fingerprint density at radius 3 is 2.31 bits per heavy atom. The van der Waals surface area contributed by atoms with E-state index in [1.165, 1.54) is 4.90 Å². The Hall–Kier alpha value is -3.30. The first kappa shape index (κ1) is 28.9. The highest BCUT2D eigenvalue weighted by atomic mass is 16.6. The molecule has 3 N–H and O–H groups in total. The third-order valence-corrected chi connectivity index (χ3v) is 6.20. The number of carbonyl (C=O) groups is 4. The Morgan fingerprint density at radius 2 is 1.78 bits per heavy atom. The summed E-state index contributed by atoms with van der Waals surface area (Å²) in [5.41, 5.74) is 0.00565. The molecule has 0 radical (unpaired) electrons. The van der Waals surface area contributed by atoms with Crippen molar-refractivity contribution in [2.45, 2.75) is 84.0 Å². The predicted octanol–water partition coefficient (Wildman–Crippen LogP) is 2.74. The molecule has 2 rings (SSSR count). The third-order valence-electron chi connectivity index (χ3n) is 6.20. The molecule has 0 unspecified atom stereocenters. The molecule has 36 heavy (non-hydrogen) atoms. The van der Waals surface area contributed by atoms with Gasteiger partial charge >= 0.3 is 12.1 Å². The van der Waals surface area contributed by atoms with Gasteiger partial charge in [-0.2, -0.15) is 0 Å². The lowest BCUT2D eigenvalue weighted by molar-refractivity contribution is -0.150. The van der Waals surface area contributed by atoms with Crippen molar-refractivity contribution in [1.29, 1.82) is 0 Å². The first-order chi connectivity index (χ1) is 16.9. The van der Waals surface area contributed by atoms with Crippen LogP contribution in [0.25, 0.3) is 0 Å². The molecule has 10 nitrogen and oxygen atoms in total. The summed E-state index contributed by atoms with van der Waals surface area (Å²) in [5.74, 6) is -1.64. The quantitative estimate of drug-likeness (QED) is 0.445. The first-order valence-corrected chi connectivity index (χ1v) is 12.3. The lowest BCUT2D eigenvalue weighted by Gasteiger charge is -2.31. The van der Waals surface area contributed by atoms with Crippen molar-refractivity contribution in [1.82, 2.24) is 15.5 Å². The summed E-state index contributed by atoms with van der Waals surface area (Å²) in [6.45, 7) is 9.20. The number of rotatable bonds is 10. The second-order valence-corrected chi connectivity index (χ2v) is 10.2. The maximum absolute atomic E-state index is 13.4. The summed E-state index contributed by atoms with van der Waals surface area (Å²) in [5, 5.41) is 14.9. The molecule has 1 aliphatic rings. The highest BCUT2D eigenvalue weighted by molar-refractivity contribution is 5.93. The predicted molar refractivity (Wildman–Crippen MR) is 134 cm³/mol. The number of likely N-dealkylation sites (tertiary alicyclic amines) is 1. The van der Waals surface area contributed by atoms with Gasteiger partial charge in [-0.15, -0.1) is 0 Å². The van der Waals surface area contributed by atoms with Gasteiger partial charge in [0.25, 0.3) is 0 Å². The zero-order valence-corrected chi connectivity index (χ0v) is 22.0. The number of hydrogen-bond donors (Lipinski definition) is 3. The highest BCUT2D eigenvalue weighted by Gasteiger charge is 2.40. The lowest BCUT2D eigenvalue weighted by Crippen LogP contribution is -2.58. The van der Waals surface area contributed by atoms with Crippen LogP contribution in [0.2, 0.25) is 0 Å². The normalized spacial score (nSPS) is 18.1. The third kappa shape index (κ3) is 8.13. The highest BCUT2D eigenvalue weighted by Crippen LogP contribution is 2.22. The Labute approximate surface area is 212 Å². The molecular weight excluding hydrogens is 466 g/mol. The molecule has 1 aromatic carbocycles. The van der Waals surface area contributed by atoms with Gasteiger partial charge in [0.1, 0.15) is 29.5 Å². The van der Waals surface area contributed by atoms with Crippen molar-refractivity contribution in [2.24, 2.45) is 5.92 Å². The van der Waals surface area contributed by atoms with Gasteiger partial charge in [0, 0.05) is 13.0 Å². The number of hydrogen-bond acceptors (Lipinski definition) is 6. The van der Waals surface area contributed by atoms with Crippen molar-refractivity contribution in [3.8, 4) is 5.75 Å². The van der Waals surface area contributed by atoms with Crippen molar-refractivity contribution >= 4 is 23.9 Å². The van der Waals surface area contributed by atoms with Crippen molar-refractivity contribution in [3.63, 3.8) is 0 Å². The fraction of sp³-hybridized carbons (Fsp3) is 0.615. The molecule has 0 bridgehead atoms. The molecule has 3 amide bonds. The van der Waals surface area contributed by atoms with Gasteiger partial charge in [0.05, 0.1) is 7.11 Å². The van der Waals surface area contributed by atoms with E-state index in [0.29, 0.717) is 31.6 Å². The average molecular weight is 506 g/mol. The fourth-order valence-corrected chi connectivity index (χ4v) is 4.06. The molecule has 0 spiro atoms. The van der Waals surface area contributed by atoms with Gasteiger partial charge in [-0.05, 0) is 57.2 Å². The van der Waals surface area contributed by atoms with E-state index in [0.717, 1.165) is 5.56 Å². The number of amides is 3. The van der Waals surface area contributed by atoms with Crippen molar-refractivity contribution < 1.29 is 33.8 Å². The van der Waals surface area contributed by atoms with Crippen LogP contribution < -0.4 is 15.4 Å². The monoisotopic (exact) mass is 505 g/mol. The Kier molecular flexibility index (Phi) is 10.1. The van der Waals surface area contributed by atoms with Crippen LogP contribution in [0, 0.1) is 5.92 Å². The number of aliphatic carboxylic acids is 1. The minimum Gasteiger partial charge on any atom is -0.497 e. The number of carboxylic acids is 1. The first-order valence-electron chi connectivity index (χ1n) is 12.3. The molecule has 1 aromatic rings. The second-order valence-electron chi connectivity index (χ2n) is 10.2. The number of methoxy groups -OCH3 is 1. The van der Waals surface area contributed by atoms with Gasteiger partial charge < -0.3 is 30.1 Å². The minimum absolute atomic E-state index is 0.151. The summed E-state index contributed by atoms with van der Waals surface area (Å²) >= 11 is 0. The summed E-state index contributed by atoms with van der Waals surface area (Å²) in [4.78, 5) is 52.3. The number of nitrogens with zero attached hydrogens (tertiary/aromatic N) is 1. The van der Waals surface area contributed by atoms with E-state index < -0.39 is 47.6 Å². The molecule has 0 saturated carbocycles. The summed E-state index contributed by atoms with van der Waals surface area (Å²) in [6, 6.07) is 4.22.